The molecule has 0 unspecified atom stereocenters. The molecule has 0 bridgehead atoms. The van der Waals surface area contributed by atoms with Crippen molar-refractivity contribution in [1.82, 2.24) is 15.2 Å². The summed E-state index contributed by atoms with van der Waals surface area (Å²) in [5.41, 5.74) is 1.08. The van der Waals surface area contributed by atoms with E-state index in [2.05, 4.69) is 39.5 Å². The third kappa shape index (κ3) is 6.06. The second-order valence-electron chi connectivity index (χ2n) is 5.46. The van der Waals surface area contributed by atoms with Crippen LogP contribution in [0.1, 0.15) is 19.4 Å². The van der Waals surface area contributed by atoms with Gasteiger partial charge in [-0.1, -0.05) is 6.07 Å². The van der Waals surface area contributed by atoms with Crippen LogP contribution in [0.25, 0.3) is 0 Å². The first kappa shape index (κ1) is 18.7. The standard InChI is InChI=1S/C19H28N4O2/c1-4-20-19(21-10-13-23-11-6-7-12-23)22-15-16-8-9-17(24-3)18(14-16)25-5-2/h6-9,11-12,14H,4-5,10,13,15H2,1-3H3,(H2,20,21,22). The Bertz CT molecular complexity index is 653. The summed E-state index contributed by atoms with van der Waals surface area (Å²) in [6.07, 6.45) is 4.11. The van der Waals surface area contributed by atoms with E-state index in [4.69, 9.17) is 9.47 Å². The number of aromatic nitrogens is 1. The van der Waals surface area contributed by atoms with E-state index in [-0.39, 0.29) is 0 Å². The zero-order chi connectivity index (χ0) is 17.9. The van der Waals surface area contributed by atoms with Crippen molar-refractivity contribution in [2.24, 2.45) is 4.99 Å². The fraction of sp³-hybridized carbons (Fsp3) is 0.421. The van der Waals surface area contributed by atoms with Crippen LogP contribution in [0.2, 0.25) is 0 Å². The fourth-order valence-electron chi connectivity index (χ4n) is 2.42. The molecule has 1 aromatic carbocycles. The van der Waals surface area contributed by atoms with Gasteiger partial charge in [0.15, 0.2) is 17.5 Å². The summed E-state index contributed by atoms with van der Waals surface area (Å²) in [7, 11) is 1.65. The van der Waals surface area contributed by atoms with Gasteiger partial charge in [-0.15, -0.1) is 0 Å². The first-order chi connectivity index (χ1) is 12.3. The molecule has 2 aromatic rings. The van der Waals surface area contributed by atoms with Crippen LogP contribution in [0.15, 0.2) is 47.7 Å². The van der Waals surface area contributed by atoms with Crippen LogP contribution < -0.4 is 20.1 Å². The van der Waals surface area contributed by atoms with Gasteiger partial charge in [-0.25, -0.2) is 4.99 Å². The topological polar surface area (TPSA) is 59.8 Å². The summed E-state index contributed by atoms with van der Waals surface area (Å²) in [5, 5.41) is 6.62. The van der Waals surface area contributed by atoms with Crippen molar-refractivity contribution in [1.29, 1.82) is 0 Å². The summed E-state index contributed by atoms with van der Waals surface area (Å²) in [5.74, 6) is 2.30. The highest BCUT2D eigenvalue weighted by molar-refractivity contribution is 5.79. The number of methoxy groups -OCH3 is 1. The highest BCUT2D eigenvalue weighted by Gasteiger charge is 2.05. The van der Waals surface area contributed by atoms with Crippen molar-refractivity contribution in [3.63, 3.8) is 0 Å². The Labute approximate surface area is 149 Å². The lowest BCUT2D eigenvalue weighted by Gasteiger charge is -2.13. The number of guanidine groups is 1. The third-order valence-corrected chi connectivity index (χ3v) is 3.62. The van der Waals surface area contributed by atoms with Crippen LogP contribution in [-0.4, -0.2) is 37.3 Å². The largest absolute Gasteiger partial charge is 0.493 e. The monoisotopic (exact) mass is 344 g/mol. The van der Waals surface area contributed by atoms with Crippen LogP contribution in [0.5, 0.6) is 11.5 Å². The molecule has 25 heavy (non-hydrogen) atoms. The summed E-state index contributed by atoms with van der Waals surface area (Å²) in [6, 6.07) is 9.96. The molecule has 2 rings (SSSR count). The van der Waals surface area contributed by atoms with Gasteiger partial charge >= 0.3 is 0 Å². The lowest BCUT2D eigenvalue weighted by atomic mass is 10.2. The number of rotatable bonds is 9. The number of hydrogen-bond donors (Lipinski definition) is 2. The third-order valence-electron chi connectivity index (χ3n) is 3.62. The van der Waals surface area contributed by atoms with Gasteiger partial charge in [0.1, 0.15) is 0 Å². The smallest absolute Gasteiger partial charge is 0.191 e. The number of benzene rings is 1. The molecule has 0 saturated heterocycles. The van der Waals surface area contributed by atoms with E-state index in [0.29, 0.717) is 13.2 Å². The van der Waals surface area contributed by atoms with Crippen molar-refractivity contribution >= 4 is 5.96 Å². The molecule has 136 valence electrons. The molecule has 1 heterocycles. The molecule has 0 aliphatic rings. The quantitative estimate of drug-likeness (QED) is 0.542. The Morgan fingerprint density at radius 3 is 2.60 bits per heavy atom. The predicted molar refractivity (Wildman–Crippen MR) is 101 cm³/mol. The SMILES string of the molecule is CCNC(=NCc1ccc(OC)c(OCC)c1)NCCn1cccc1. The summed E-state index contributed by atoms with van der Waals surface area (Å²) in [6.45, 7) is 7.73. The number of hydrogen-bond acceptors (Lipinski definition) is 3. The van der Waals surface area contributed by atoms with Crippen molar-refractivity contribution in [2.75, 3.05) is 26.8 Å². The number of nitrogens with one attached hydrogen (secondary N) is 2. The zero-order valence-electron chi connectivity index (χ0n) is 15.3. The minimum Gasteiger partial charge on any atom is -0.493 e. The molecule has 0 aliphatic heterocycles. The average molecular weight is 344 g/mol. The van der Waals surface area contributed by atoms with E-state index >= 15 is 0 Å². The predicted octanol–water partition coefficient (Wildman–Crippen LogP) is 2.65. The van der Waals surface area contributed by atoms with Crippen molar-refractivity contribution in [2.45, 2.75) is 26.9 Å². The van der Waals surface area contributed by atoms with E-state index < -0.39 is 0 Å². The molecular weight excluding hydrogens is 316 g/mol. The van der Waals surface area contributed by atoms with Crippen molar-refractivity contribution < 1.29 is 9.47 Å². The zero-order valence-corrected chi connectivity index (χ0v) is 15.3. The van der Waals surface area contributed by atoms with E-state index in [9.17, 15) is 0 Å². The van der Waals surface area contributed by atoms with Gasteiger partial charge in [-0.2, -0.15) is 0 Å². The van der Waals surface area contributed by atoms with Crippen molar-refractivity contribution in [3.05, 3.63) is 48.3 Å². The molecule has 0 radical (unpaired) electrons. The van der Waals surface area contributed by atoms with Crippen molar-refractivity contribution in [3.8, 4) is 11.5 Å². The molecule has 6 heteroatoms. The number of nitrogens with zero attached hydrogens (tertiary/aromatic N) is 2. The fourth-order valence-corrected chi connectivity index (χ4v) is 2.42. The molecule has 0 spiro atoms. The summed E-state index contributed by atoms with van der Waals surface area (Å²) >= 11 is 0. The summed E-state index contributed by atoms with van der Waals surface area (Å²) < 4.78 is 13.1. The molecule has 0 atom stereocenters. The minimum atomic E-state index is 0.572. The van der Waals surface area contributed by atoms with Gasteiger partial charge in [-0.3, -0.25) is 0 Å². The molecule has 0 aliphatic carbocycles. The lowest BCUT2D eigenvalue weighted by molar-refractivity contribution is 0.310. The van der Waals surface area contributed by atoms with Gasteiger partial charge in [0, 0.05) is 32.0 Å². The maximum Gasteiger partial charge on any atom is 0.191 e. The van der Waals surface area contributed by atoms with Gasteiger partial charge in [-0.05, 0) is 43.7 Å². The van der Waals surface area contributed by atoms with Crippen LogP contribution in [-0.2, 0) is 13.1 Å². The molecule has 0 saturated carbocycles. The lowest BCUT2D eigenvalue weighted by Crippen LogP contribution is -2.38. The normalized spacial score (nSPS) is 11.2. The molecule has 0 amide bonds. The summed E-state index contributed by atoms with van der Waals surface area (Å²) in [4.78, 5) is 4.65. The van der Waals surface area contributed by atoms with E-state index in [1.165, 1.54) is 0 Å². The van der Waals surface area contributed by atoms with Gasteiger partial charge in [0.05, 0.1) is 20.3 Å². The van der Waals surface area contributed by atoms with Crippen LogP contribution in [0.3, 0.4) is 0 Å². The van der Waals surface area contributed by atoms with Crippen LogP contribution >= 0.6 is 0 Å². The van der Waals surface area contributed by atoms with Crippen LogP contribution in [0, 0.1) is 0 Å². The van der Waals surface area contributed by atoms with Gasteiger partial charge < -0.3 is 24.7 Å². The first-order valence-electron chi connectivity index (χ1n) is 8.69. The van der Waals surface area contributed by atoms with E-state index in [1.54, 1.807) is 7.11 Å². The van der Waals surface area contributed by atoms with E-state index in [1.807, 2.05) is 37.3 Å². The Hall–Kier alpha value is -2.63. The molecule has 2 N–H and O–H groups in total. The maximum absolute atomic E-state index is 5.62. The molecule has 0 fully saturated rings. The number of ether oxygens (including phenoxy) is 2. The second-order valence-corrected chi connectivity index (χ2v) is 5.46. The van der Waals surface area contributed by atoms with Crippen LogP contribution in [0.4, 0.5) is 0 Å². The molecule has 6 nitrogen and oxygen atoms in total. The second kappa shape index (κ2) is 10.3. The molecule has 1 aromatic heterocycles. The Balaban J connectivity index is 1.96. The van der Waals surface area contributed by atoms with E-state index in [0.717, 1.165) is 42.7 Å². The first-order valence-corrected chi connectivity index (χ1v) is 8.69. The Kier molecular flexibility index (Phi) is 7.69. The highest BCUT2D eigenvalue weighted by Crippen LogP contribution is 2.28. The van der Waals surface area contributed by atoms with Gasteiger partial charge in [0.25, 0.3) is 0 Å². The number of aliphatic imine (C=N–C) groups is 1. The highest BCUT2D eigenvalue weighted by atomic mass is 16.5. The molecular formula is C19H28N4O2. The average Bonchev–Trinajstić information content (AvgIpc) is 3.13. The maximum atomic E-state index is 5.62. The minimum absolute atomic E-state index is 0.572. The Morgan fingerprint density at radius 2 is 1.92 bits per heavy atom. The Morgan fingerprint density at radius 1 is 1.12 bits per heavy atom. The van der Waals surface area contributed by atoms with Gasteiger partial charge in [0.2, 0.25) is 0 Å².